The van der Waals surface area contributed by atoms with Gasteiger partial charge < -0.3 is 10.2 Å². The third kappa shape index (κ3) is 5.16. The number of rotatable bonds is 4. The van der Waals surface area contributed by atoms with Crippen LogP contribution in [-0.2, 0) is 4.79 Å². The molecule has 0 bridgehead atoms. The van der Waals surface area contributed by atoms with Gasteiger partial charge in [0.15, 0.2) is 0 Å². The largest absolute Gasteiger partial charge is 0.342 e. The van der Waals surface area contributed by atoms with Crippen LogP contribution in [0.15, 0.2) is 24.5 Å². The van der Waals surface area contributed by atoms with Gasteiger partial charge in [-0.2, -0.15) is 0 Å². The van der Waals surface area contributed by atoms with Gasteiger partial charge >= 0.3 is 0 Å². The van der Waals surface area contributed by atoms with E-state index >= 15 is 0 Å². The molecule has 25 heavy (non-hydrogen) atoms. The van der Waals surface area contributed by atoms with Gasteiger partial charge in [-0.15, -0.1) is 12.4 Å². The topological polar surface area (TPSA) is 48.5 Å². The van der Waals surface area contributed by atoms with E-state index in [1.54, 1.807) is 6.20 Å². The first-order valence-electron chi connectivity index (χ1n) is 9.25. The summed E-state index contributed by atoms with van der Waals surface area (Å²) >= 11 is 0. The summed E-state index contributed by atoms with van der Waals surface area (Å²) in [5, 5.41) is 3.44. The van der Waals surface area contributed by atoms with Crippen LogP contribution in [0.5, 0.6) is 0 Å². The predicted octanol–water partition coefficient (Wildman–Crippen LogP) is 2.49. The molecule has 5 nitrogen and oxygen atoms in total. The first kappa shape index (κ1) is 20.1. The number of hydrogen-bond donors (Lipinski definition) is 1. The summed E-state index contributed by atoms with van der Waals surface area (Å²) in [7, 11) is 1.99. The number of carbonyl (C=O) groups is 1. The van der Waals surface area contributed by atoms with Crippen LogP contribution in [0.4, 0.5) is 0 Å². The zero-order valence-electron chi connectivity index (χ0n) is 15.4. The lowest BCUT2D eigenvalue weighted by Crippen LogP contribution is -2.51. The van der Waals surface area contributed by atoms with Crippen molar-refractivity contribution in [2.75, 3.05) is 33.2 Å². The minimum absolute atomic E-state index is 0. The Kier molecular flexibility index (Phi) is 7.66. The lowest BCUT2D eigenvalue weighted by molar-refractivity contribution is -0.134. The fourth-order valence-electron chi connectivity index (χ4n) is 3.96. The number of pyridine rings is 1. The highest BCUT2D eigenvalue weighted by Gasteiger charge is 2.29. The molecule has 1 aromatic heterocycles. The summed E-state index contributed by atoms with van der Waals surface area (Å²) in [6.07, 6.45) is 8.50. The highest BCUT2D eigenvalue weighted by molar-refractivity contribution is 5.85. The van der Waals surface area contributed by atoms with Crippen LogP contribution in [-0.4, -0.2) is 60.0 Å². The van der Waals surface area contributed by atoms with E-state index in [0.717, 1.165) is 38.4 Å². The van der Waals surface area contributed by atoms with Crippen molar-refractivity contribution in [3.05, 3.63) is 30.1 Å². The minimum atomic E-state index is 0. The van der Waals surface area contributed by atoms with Gasteiger partial charge in [0.25, 0.3) is 0 Å². The van der Waals surface area contributed by atoms with E-state index < -0.39 is 0 Å². The molecule has 1 amide bonds. The van der Waals surface area contributed by atoms with E-state index in [-0.39, 0.29) is 24.4 Å². The second kappa shape index (κ2) is 9.51. The van der Waals surface area contributed by atoms with Crippen LogP contribution >= 0.6 is 12.4 Å². The van der Waals surface area contributed by atoms with E-state index in [1.807, 2.05) is 24.2 Å². The molecule has 6 heteroatoms. The highest BCUT2D eigenvalue weighted by atomic mass is 35.5. The number of carbonyl (C=O) groups excluding carboxylic acids is 1. The maximum Gasteiger partial charge on any atom is 0.236 e. The van der Waals surface area contributed by atoms with Crippen molar-refractivity contribution in [3.63, 3.8) is 0 Å². The number of hydrogen-bond acceptors (Lipinski definition) is 4. The zero-order valence-corrected chi connectivity index (χ0v) is 16.2. The summed E-state index contributed by atoms with van der Waals surface area (Å²) in [4.78, 5) is 21.4. The molecule has 1 atom stereocenters. The number of aromatic nitrogens is 1. The maximum atomic E-state index is 12.8. The normalized spacial score (nSPS) is 27.4. The first-order valence-corrected chi connectivity index (χ1v) is 9.25. The molecule has 0 spiro atoms. The van der Waals surface area contributed by atoms with Crippen molar-refractivity contribution in [2.24, 2.45) is 5.92 Å². The maximum absolute atomic E-state index is 12.8. The summed E-state index contributed by atoms with van der Waals surface area (Å²) in [5.74, 6) is 1.07. The van der Waals surface area contributed by atoms with Gasteiger partial charge in [-0.3, -0.25) is 14.7 Å². The van der Waals surface area contributed by atoms with Crippen molar-refractivity contribution >= 4 is 18.3 Å². The molecule has 1 aromatic rings. The summed E-state index contributed by atoms with van der Waals surface area (Å²) in [5.41, 5.74) is 1.19. The molecule has 2 aliphatic rings. The molecule has 0 radical (unpaired) electrons. The van der Waals surface area contributed by atoms with E-state index in [0.29, 0.717) is 12.6 Å². The molecule has 1 aliphatic carbocycles. The zero-order chi connectivity index (χ0) is 16.9. The Labute approximate surface area is 157 Å². The molecular formula is C19H31ClN4O. The molecule has 3 rings (SSSR count). The molecule has 1 saturated carbocycles. The van der Waals surface area contributed by atoms with Crippen molar-refractivity contribution in [1.82, 2.24) is 20.1 Å². The Bertz CT molecular complexity index is 533. The van der Waals surface area contributed by atoms with Gasteiger partial charge in [-0.25, -0.2) is 0 Å². The smallest absolute Gasteiger partial charge is 0.236 e. The molecule has 140 valence electrons. The second-order valence-corrected chi connectivity index (χ2v) is 7.40. The van der Waals surface area contributed by atoms with Gasteiger partial charge in [0.05, 0.1) is 6.54 Å². The quantitative estimate of drug-likeness (QED) is 0.889. The molecule has 1 N–H and O–H groups in total. The van der Waals surface area contributed by atoms with Crippen LogP contribution in [0, 0.1) is 5.92 Å². The van der Waals surface area contributed by atoms with Crippen LogP contribution in [0.2, 0.25) is 0 Å². The summed E-state index contributed by atoms with van der Waals surface area (Å²) in [6.45, 7) is 5.54. The van der Waals surface area contributed by atoms with Gasteiger partial charge in [-0.05, 0) is 43.2 Å². The third-order valence-electron chi connectivity index (χ3n) is 5.69. The number of nitrogens with zero attached hydrogens (tertiary/aromatic N) is 3. The average molecular weight is 367 g/mol. The number of nitrogens with one attached hydrogen (secondary N) is 1. The monoisotopic (exact) mass is 366 g/mol. The van der Waals surface area contributed by atoms with Gasteiger partial charge in [0.1, 0.15) is 0 Å². The summed E-state index contributed by atoms with van der Waals surface area (Å²) in [6, 6.07) is 4.73. The third-order valence-corrected chi connectivity index (χ3v) is 5.69. The average Bonchev–Trinajstić information content (AvgIpc) is 2.63. The second-order valence-electron chi connectivity index (χ2n) is 7.40. The Morgan fingerprint density at radius 1 is 1.36 bits per heavy atom. The Hall–Kier alpha value is -1.17. The highest BCUT2D eigenvalue weighted by Crippen LogP contribution is 2.27. The van der Waals surface area contributed by atoms with E-state index in [1.165, 1.54) is 18.4 Å². The fraction of sp³-hybridized carbons (Fsp3) is 0.684. The van der Waals surface area contributed by atoms with Crippen LogP contribution in [0.1, 0.15) is 44.2 Å². The van der Waals surface area contributed by atoms with Gasteiger partial charge in [-0.1, -0.05) is 13.0 Å². The molecule has 2 fully saturated rings. The minimum Gasteiger partial charge on any atom is -0.342 e. The Balaban J connectivity index is 0.00000225. The van der Waals surface area contributed by atoms with Crippen molar-refractivity contribution in [2.45, 2.75) is 44.7 Å². The molecule has 2 heterocycles. The molecule has 1 aliphatic heterocycles. The molecule has 1 saturated heterocycles. The SMILES string of the molecule is CC1CCC(N(C)C(=O)CN2CCNCC2c2cccnc2)CC1.Cl. The first-order chi connectivity index (χ1) is 11.6. The fourth-order valence-corrected chi connectivity index (χ4v) is 3.96. The van der Waals surface area contributed by atoms with Crippen molar-refractivity contribution in [3.8, 4) is 0 Å². The predicted molar refractivity (Wildman–Crippen MR) is 103 cm³/mol. The molecule has 0 aromatic carbocycles. The number of piperazine rings is 1. The van der Waals surface area contributed by atoms with E-state index in [2.05, 4.69) is 28.2 Å². The number of halogens is 1. The van der Waals surface area contributed by atoms with Crippen molar-refractivity contribution < 1.29 is 4.79 Å². The van der Waals surface area contributed by atoms with Crippen LogP contribution in [0.25, 0.3) is 0 Å². The Morgan fingerprint density at radius 3 is 2.80 bits per heavy atom. The molecule has 1 unspecified atom stereocenters. The van der Waals surface area contributed by atoms with Crippen LogP contribution in [0.3, 0.4) is 0 Å². The Morgan fingerprint density at radius 2 is 2.12 bits per heavy atom. The van der Waals surface area contributed by atoms with Crippen molar-refractivity contribution in [1.29, 1.82) is 0 Å². The van der Waals surface area contributed by atoms with E-state index in [4.69, 9.17) is 0 Å². The number of amides is 1. The van der Waals surface area contributed by atoms with Crippen LogP contribution < -0.4 is 5.32 Å². The number of likely N-dealkylation sites (N-methyl/N-ethyl adjacent to an activating group) is 1. The molecular weight excluding hydrogens is 336 g/mol. The lowest BCUT2D eigenvalue weighted by Gasteiger charge is -2.39. The van der Waals surface area contributed by atoms with Gasteiger partial charge in [0.2, 0.25) is 5.91 Å². The van der Waals surface area contributed by atoms with E-state index in [9.17, 15) is 4.79 Å². The standard InChI is InChI=1S/C19H30N4O.ClH/c1-15-5-7-17(8-6-15)22(2)19(24)14-23-11-10-21-13-18(23)16-4-3-9-20-12-16;/h3-4,9,12,15,17-18,21H,5-8,10-11,13-14H2,1-2H3;1H. The van der Waals surface area contributed by atoms with Gasteiger partial charge in [0, 0.05) is 51.2 Å². The lowest BCUT2D eigenvalue weighted by atomic mass is 9.87. The summed E-state index contributed by atoms with van der Waals surface area (Å²) < 4.78 is 0.